The molecule has 1 N–H and O–H groups in total. The molecular formula is C27H30FN7O2. The summed E-state index contributed by atoms with van der Waals surface area (Å²) in [4.78, 5) is 21.1. The highest BCUT2D eigenvalue weighted by atomic mass is 19.1. The van der Waals surface area contributed by atoms with Crippen molar-refractivity contribution in [2.45, 2.75) is 38.5 Å². The van der Waals surface area contributed by atoms with Gasteiger partial charge in [-0.2, -0.15) is 0 Å². The fourth-order valence-corrected chi connectivity index (χ4v) is 5.51. The number of anilines is 1. The number of pyridine rings is 1. The number of fused-ring (bicyclic) bond motifs is 1. The van der Waals surface area contributed by atoms with Gasteiger partial charge >= 0.3 is 0 Å². The number of ether oxygens (including phenoxy) is 1. The minimum Gasteiger partial charge on any atom is -0.376 e. The van der Waals surface area contributed by atoms with Crippen molar-refractivity contribution in [1.82, 2.24) is 30.1 Å². The third kappa shape index (κ3) is 4.74. The zero-order valence-electron chi connectivity index (χ0n) is 20.8. The quantitative estimate of drug-likeness (QED) is 0.432. The lowest BCUT2D eigenvalue weighted by atomic mass is 10.0. The maximum absolute atomic E-state index is 13.5. The highest BCUT2D eigenvalue weighted by molar-refractivity contribution is 5.82. The van der Waals surface area contributed by atoms with Gasteiger partial charge in [0.1, 0.15) is 11.9 Å². The minimum atomic E-state index is -0.416. The molecule has 192 valence electrons. The maximum atomic E-state index is 13.5. The van der Waals surface area contributed by atoms with Crippen molar-refractivity contribution in [1.29, 1.82) is 0 Å². The molecule has 2 fully saturated rings. The summed E-state index contributed by atoms with van der Waals surface area (Å²) >= 11 is 0. The van der Waals surface area contributed by atoms with E-state index in [1.807, 2.05) is 31.2 Å². The van der Waals surface area contributed by atoms with Crippen LogP contribution < -0.4 is 10.5 Å². The second-order valence-electron chi connectivity index (χ2n) is 9.85. The van der Waals surface area contributed by atoms with E-state index in [1.165, 1.54) is 12.1 Å². The van der Waals surface area contributed by atoms with Crippen molar-refractivity contribution >= 4 is 16.6 Å². The van der Waals surface area contributed by atoms with Crippen LogP contribution in [0.3, 0.4) is 0 Å². The topological polar surface area (TPSA) is 92.2 Å². The lowest BCUT2D eigenvalue weighted by Crippen LogP contribution is -2.49. The minimum absolute atomic E-state index is 0.0655. The number of para-hydroxylation sites is 1. The average molecular weight is 504 g/mol. The van der Waals surface area contributed by atoms with Crippen LogP contribution in [0.2, 0.25) is 0 Å². The summed E-state index contributed by atoms with van der Waals surface area (Å²) in [7, 11) is 0. The number of benzene rings is 2. The van der Waals surface area contributed by atoms with E-state index in [2.05, 4.69) is 30.3 Å². The summed E-state index contributed by atoms with van der Waals surface area (Å²) in [5.74, 6) is 0.398. The van der Waals surface area contributed by atoms with Gasteiger partial charge < -0.3 is 14.6 Å². The Morgan fingerprint density at radius 3 is 2.70 bits per heavy atom. The first-order valence-corrected chi connectivity index (χ1v) is 12.8. The van der Waals surface area contributed by atoms with Crippen molar-refractivity contribution in [3.05, 3.63) is 81.7 Å². The van der Waals surface area contributed by atoms with Gasteiger partial charge in [0.05, 0.1) is 18.2 Å². The molecule has 0 aliphatic carbocycles. The Kier molecular flexibility index (Phi) is 6.43. The molecule has 6 rings (SSSR count). The molecule has 9 nitrogen and oxygen atoms in total. The number of aromatic amines is 1. The molecule has 2 saturated heterocycles. The summed E-state index contributed by atoms with van der Waals surface area (Å²) in [6.07, 6.45) is 2.06. The highest BCUT2D eigenvalue weighted by Gasteiger charge is 2.33. The Morgan fingerprint density at radius 2 is 1.95 bits per heavy atom. The predicted molar refractivity (Wildman–Crippen MR) is 138 cm³/mol. The summed E-state index contributed by atoms with van der Waals surface area (Å²) in [5, 5.41) is 13.7. The Hall–Kier alpha value is -3.63. The number of rotatable bonds is 6. The number of halogens is 1. The summed E-state index contributed by atoms with van der Waals surface area (Å²) in [6, 6.07) is 14.1. The fraction of sp³-hybridized carbons (Fsp3) is 0.407. The van der Waals surface area contributed by atoms with E-state index in [0.717, 1.165) is 54.7 Å². The first-order chi connectivity index (χ1) is 18.1. The van der Waals surface area contributed by atoms with Gasteiger partial charge in [-0.25, -0.2) is 9.07 Å². The van der Waals surface area contributed by atoms with Gasteiger partial charge in [0.15, 0.2) is 5.82 Å². The Balaban J connectivity index is 1.36. The van der Waals surface area contributed by atoms with Crippen LogP contribution in [0.15, 0.2) is 53.3 Å². The third-order valence-corrected chi connectivity index (χ3v) is 7.49. The number of hydrogen-bond acceptors (Lipinski definition) is 7. The first-order valence-electron chi connectivity index (χ1n) is 12.8. The Morgan fingerprint density at radius 1 is 1.14 bits per heavy atom. The molecule has 4 aromatic rings. The number of piperazine rings is 1. The molecule has 0 radical (unpaired) electrons. The molecule has 0 bridgehead atoms. The van der Waals surface area contributed by atoms with Crippen molar-refractivity contribution < 1.29 is 9.13 Å². The van der Waals surface area contributed by atoms with Gasteiger partial charge in [-0.15, -0.1) is 5.10 Å². The van der Waals surface area contributed by atoms with Gasteiger partial charge in [0, 0.05) is 44.0 Å². The highest BCUT2D eigenvalue weighted by Crippen LogP contribution is 2.30. The molecule has 2 atom stereocenters. The van der Waals surface area contributed by atoms with E-state index in [0.29, 0.717) is 31.0 Å². The van der Waals surface area contributed by atoms with Crippen LogP contribution in [0.1, 0.15) is 35.8 Å². The van der Waals surface area contributed by atoms with Crippen molar-refractivity contribution in [2.24, 2.45) is 0 Å². The molecule has 0 amide bonds. The molecular weight excluding hydrogens is 473 g/mol. The van der Waals surface area contributed by atoms with E-state index in [1.54, 1.807) is 16.8 Å². The molecule has 2 aliphatic heterocycles. The van der Waals surface area contributed by atoms with E-state index in [4.69, 9.17) is 4.74 Å². The van der Waals surface area contributed by atoms with Gasteiger partial charge in [0.2, 0.25) is 0 Å². The zero-order chi connectivity index (χ0) is 25.4. The summed E-state index contributed by atoms with van der Waals surface area (Å²) < 4.78 is 21.1. The van der Waals surface area contributed by atoms with Crippen molar-refractivity contribution in [3.63, 3.8) is 0 Å². The lowest BCUT2D eigenvalue weighted by molar-refractivity contribution is 0.0906. The number of aromatic nitrogens is 5. The molecule has 4 heterocycles. The van der Waals surface area contributed by atoms with Gasteiger partial charge in [-0.3, -0.25) is 9.69 Å². The first kappa shape index (κ1) is 23.7. The van der Waals surface area contributed by atoms with Gasteiger partial charge in [-0.1, -0.05) is 18.2 Å². The number of H-pyrrole nitrogens is 1. The average Bonchev–Trinajstić information content (AvgIpc) is 3.59. The van der Waals surface area contributed by atoms with Gasteiger partial charge in [0.25, 0.3) is 5.56 Å². The third-order valence-electron chi connectivity index (χ3n) is 7.49. The normalized spacial score (nSPS) is 19.5. The molecule has 37 heavy (non-hydrogen) atoms. The van der Waals surface area contributed by atoms with Crippen LogP contribution in [0, 0.1) is 12.7 Å². The molecule has 0 unspecified atom stereocenters. The molecule has 2 aliphatic rings. The number of nitrogens with zero attached hydrogens (tertiary/aromatic N) is 6. The maximum Gasteiger partial charge on any atom is 0.253 e. The van der Waals surface area contributed by atoms with Crippen LogP contribution in [0.4, 0.5) is 10.1 Å². The fourth-order valence-electron chi connectivity index (χ4n) is 5.51. The van der Waals surface area contributed by atoms with Crippen LogP contribution in [0.5, 0.6) is 0 Å². The zero-order valence-corrected chi connectivity index (χ0v) is 20.8. The van der Waals surface area contributed by atoms with E-state index < -0.39 is 6.04 Å². The van der Waals surface area contributed by atoms with Crippen molar-refractivity contribution in [3.8, 4) is 0 Å². The summed E-state index contributed by atoms with van der Waals surface area (Å²) in [6.45, 7) is 6.16. The molecule has 2 aromatic carbocycles. The second-order valence-corrected chi connectivity index (χ2v) is 9.85. The summed E-state index contributed by atoms with van der Waals surface area (Å²) in [5.41, 5.74) is 3.33. The molecule has 0 spiro atoms. The molecule has 2 aromatic heterocycles. The largest absolute Gasteiger partial charge is 0.376 e. The molecule has 10 heteroatoms. The smallest absolute Gasteiger partial charge is 0.253 e. The van der Waals surface area contributed by atoms with Gasteiger partial charge in [-0.05, 0) is 71.5 Å². The standard InChI is InChI=1S/C27H30FN7O2/c1-18-4-2-5-19-16-23(27(36)29-24(18)19)25(26-30-31-32-35(26)17-22-6-3-15-37-22)34-13-11-33(12-14-34)21-9-7-20(28)8-10-21/h2,4-5,7-10,16,22,25H,3,6,11-15,17H2,1H3,(H,29,36)/t22-,25+/m0/s1. The van der Waals surface area contributed by atoms with Crippen LogP contribution >= 0.6 is 0 Å². The van der Waals surface area contributed by atoms with Crippen LogP contribution in [-0.4, -0.2) is 69.0 Å². The number of aryl methyl sites for hydroxylation is 1. The number of hydrogen-bond donors (Lipinski definition) is 1. The van der Waals surface area contributed by atoms with E-state index >= 15 is 0 Å². The number of nitrogens with one attached hydrogen (secondary N) is 1. The van der Waals surface area contributed by atoms with Crippen molar-refractivity contribution in [2.75, 3.05) is 37.7 Å². The van der Waals surface area contributed by atoms with Crippen LogP contribution in [-0.2, 0) is 11.3 Å². The van der Waals surface area contributed by atoms with Crippen LogP contribution in [0.25, 0.3) is 10.9 Å². The number of tetrazole rings is 1. The SMILES string of the molecule is Cc1cccc2cc([C@H](c3nnnn3C[C@@H]3CCCO3)N3CCN(c4ccc(F)cc4)CC3)c(=O)[nH]c12. The van der Waals surface area contributed by atoms with E-state index in [-0.39, 0.29) is 17.5 Å². The predicted octanol–water partition coefficient (Wildman–Crippen LogP) is 3.05. The lowest BCUT2D eigenvalue weighted by Gasteiger charge is -2.39. The molecule has 0 saturated carbocycles. The Bertz CT molecular complexity index is 1440. The monoisotopic (exact) mass is 503 g/mol. The van der Waals surface area contributed by atoms with E-state index in [9.17, 15) is 9.18 Å². The second kappa shape index (κ2) is 10.0. The Labute approximate surface area is 213 Å².